The van der Waals surface area contributed by atoms with Gasteiger partial charge in [-0.15, -0.1) is 6.58 Å². The molecule has 2 N–H and O–H groups in total. The van der Waals surface area contributed by atoms with Crippen molar-refractivity contribution in [2.75, 3.05) is 26.3 Å². The lowest BCUT2D eigenvalue weighted by atomic mass is 10.4. The van der Waals surface area contributed by atoms with Crippen LogP contribution in [0.1, 0.15) is 11.4 Å². The van der Waals surface area contributed by atoms with Crippen LogP contribution in [0.2, 0.25) is 0 Å². The predicted molar refractivity (Wildman–Crippen MR) is 74.8 cm³/mol. The molecule has 1 rings (SSSR count). The second-order valence-corrected chi connectivity index (χ2v) is 6.20. The molecule has 0 bridgehead atoms. The van der Waals surface area contributed by atoms with Gasteiger partial charge in [0.05, 0.1) is 31.1 Å². The van der Waals surface area contributed by atoms with Crippen LogP contribution >= 0.6 is 0 Å². The molecule has 0 fully saturated rings. The molecular formula is C12H21N3O4S. The zero-order valence-electron chi connectivity index (χ0n) is 11.8. The number of sulfonamides is 1. The Balaban J connectivity index is 3.29. The van der Waals surface area contributed by atoms with Crippen molar-refractivity contribution < 1.29 is 18.6 Å². The van der Waals surface area contributed by atoms with E-state index in [0.29, 0.717) is 11.4 Å². The van der Waals surface area contributed by atoms with Gasteiger partial charge in [0.15, 0.2) is 0 Å². The van der Waals surface area contributed by atoms with Gasteiger partial charge in [0, 0.05) is 13.1 Å². The molecule has 0 atom stereocenters. The van der Waals surface area contributed by atoms with Gasteiger partial charge in [-0.05, 0) is 13.8 Å². The standard InChI is InChI=1S/C12H21N3O4S/c1-4-5-14(6-8-16)20(18,19)12-10(2)13-15(7-9-17)11(12)3/h4,16-17H,1,5-9H2,2-3H3. The minimum absolute atomic E-state index is 0.00157. The van der Waals surface area contributed by atoms with E-state index in [2.05, 4.69) is 11.7 Å². The van der Waals surface area contributed by atoms with Gasteiger partial charge >= 0.3 is 0 Å². The second kappa shape index (κ2) is 6.98. The molecule has 1 aromatic heterocycles. The van der Waals surface area contributed by atoms with Crippen molar-refractivity contribution in [3.8, 4) is 0 Å². The average Bonchev–Trinajstić information content (AvgIpc) is 2.65. The van der Waals surface area contributed by atoms with E-state index in [9.17, 15) is 8.42 Å². The van der Waals surface area contributed by atoms with Crippen LogP contribution in [0, 0.1) is 13.8 Å². The number of aryl methyl sites for hydroxylation is 1. The van der Waals surface area contributed by atoms with E-state index in [0.717, 1.165) is 4.31 Å². The first-order valence-corrected chi connectivity index (χ1v) is 7.70. The number of aliphatic hydroxyl groups excluding tert-OH is 2. The maximum Gasteiger partial charge on any atom is 0.247 e. The highest BCUT2D eigenvalue weighted by Gasteiger charge is 2.29. The largest absolute Gasteiger partial charge is 0.395 e. The van der Waals surface area contributed by atoms with Gasteiger partial charge in [-0.1, -0.05) is 6.08 Å². The molecule has 114 valence electrons. The Morgan fingerprint density at radius 2 is 2.00 bits per heavy atom. The van der Waals surface area contributed by atoms with Gasteiger partial charge in [0.25, 0.3) is 0 Å². The summed E-state index contributed by atoms with van der Waals surface area (Å²) in [5.41, 5.74) is 0.853. The number of hydrogen-bond acceptors (Lipinski definition) is 5. The quantitative estimate of drug-likeness (QED) is 0.641. The third-order valence-electron chi connectivity index (χ3n) is 2.91. The molecule has 0 unspecified atom stereocenters. The number of aromatic nitrogens is 2. The van der Waals surface area contributed by atoms with Crippen LogP contribution in [0.4, 0.5) is 0 Å². The topological polar surface area (TPSA) is 95.7 Å². The Kier molecular flexibility index (Phi) is 5.88. The third-order valence-corrected chi connectivity index (χ3v) is 5.03. The molecule has 0 aliphatic heterocycles. The van der Waals surface area contributed by atoms with Crippen LogP contribution in [0.15, 0.2) is 17.6 Å². The van der Waals surface area contributed by atoms with Gasteiger partial charge < -0.3 is 10.2 Å². The summed E-state index contributed by atoms with van der Waals surface area (Å²) in [5, 5.41) is 22.1. The molecule has 0 spiro atoms. The lowest BCUT2D eigenvalue weighted by Gasteiger charge is -2.19. The van der Waals surface area contributed by atoms with Crippen molar-refractivity contribution >= 4 is 10.0 Å². The van der Waals surface area contributed by atoms with E-state index in [1.807, 2.05) is 0 Å². The van der Waals surface area contributed by atoms with E-state index < -0.39 is 10.0 Å². The highest BCUT2D eigenvalue weighted by atomic mass is 32.2. The van der Waals surface area contributed by atoms with Crippen molar-refractivity contribution in [1.29, 1.82) is 0 Å². The Bertz CT molecular complexity index is 566. The van der Waals surface area contributed by atoms with Crippen molar-refractivity contribution in [2.45, 2.75) is 25.3 Å². The first kappa shape index (κ1) is 16.8. The number of rotatable bonds is 8. The van der Waals surface area contributed by atoms with E-state index in [1.54, 1.807) is 13.8 Å². The van der Waals surface area contributed by atoms with E-state index >= 15 is 0 Å². The SMILES string of the molecule is C=CCN(CCO)S(=O)(=O)c1c(C)nn(CCO)c1C. The van der Waals surface area contributed by atoms with Crippen LogP contribution < -0.4 is 0 Å². The van der Waals surface area contributed by atoms with Crippen LogP contribution in [-0.2, 0) is 16.6 Å². The molecule has 0 amide bonds. The van der Waals surface area contributed by atoms with Gasteiger partial charge in [0.2, 0.25) is 10.0 Å². The lowest BCUT2D eigenvalue weighted by molar-refractivity contribution is 0.260. The van der Waals surface area contributed by atoms with E-state index in [1.165, 1.54) is 10.8 Å². The summed E-state index contributed by atoms with van der Waals surface area (Å²) in [4.78, 5) is 0.126. The first-order valence-electron chi connectivity index (χ1n) is 6.26. The van der Waals surface area contributed by atoms with E-state index in [4.69, 9.17) is 10.2 Å². The smallest absolute Gasteiger partial charge is 0.247 e. The number of hydrogen-bond donors (Lipinski definition) is 2. The first-order chi connectivity index (χ1) is 9.39. The minimum atomic E-state index is -3.75. The molecule has 8 heteroatoms. The average molecular weight is 303 g/mol. The molecule has 0 aliphatic rings. The molecule has 1 heterocycles. The Morgan fingerprint density at radius 3 is 2.50 bits per heavy atom. The maximum atomic E-state index is 12.6. The molecule has 0 saturated carbocycles. The summed E-state index contributed by atoms with van der Waals surface area (Å²) >= 11 is 0. The molecule has 0 aliphatic carbocycles. The van der Waals surface area contributed by atoms with Gasteiger partial charge in [-0.2, -0.15) is 9.40 Å². The number of aliphatic hydroxyl groups is 2. The fraction of sp³-hybridized carbons (Fsp3) is 0.583. The molecule has 0 radical (unpaired) electrons. The fourth-order valence-corrected chi connectivity index (χ4v) is 3.84. The summed E-state index contributed by atoms with van der Waals surface area (Å²) in [5.74, 6) is 0. The van der Waals surface area contributed by atoms with Crippen molar-refractivity contribution in [3.05, 3.63) is 24.0 Å². The Labute approximate surface area is 119 Å². The van der Waals surface area contributed by atoms with Crippen molar-refractivity contribution in [3.63, 3.8) is 0 Å². The fourth-order valence-electron chi connectivity index (χ4n) is 2.06. The summed E-state index contributed by atoms with van der Waals surface area (Å²) < 4.78 is 27.9. The van der Waals surface area contributed by atoms with Crippen molar-refractivity contribution in [1.82, 2.24) is 14.1 Å². The number of nitrogens with zero attached hydrogens (tertiary/aromatic N) is 3. The minimum Gasteiger partial charge on any atom is -0.395 e. The second-order valence-electron chi connectivity index (χ2n) is 4.32. The maximum absolute atomic E-state index is 12.6. The van der Waals surface area contributed by atoms with Crippen LogP contribution in [0.25, 0.3) is 0 Å². The molecule has 0 saturated heterocycles. The Morgan fingerprint density at radius 1 is 1.35 bits per heavy atom. The summed E-state index contributed by atoms with van der Waals surface area (Å²) in [6, 6.07) is 0. The summed E-state index contributed by atoms with van der Waals surface area (Å²) in [6.07, 6.45) is 1.47. The normalized spacial score (nSPS) is 12.1. The molecule has 0 aromatic carbocycles. The predicted octanol–water partition coefficient (Wildman–Crippen LogP) is -0.339. The van der Waals surface area contributed by atoms with Crippen molar-refractivity contribution in [2.24, 2.45) is 0 Å². The highest BCUT2D eigenvalue weighted by molar-refractivity contribution is 7.89. The van der Waals surface area contributed by atoms with Gasteiger partial charge in [-0.3, -0.25) is 4.68 Å². The van der Waals surface area contributed by atoms with E-state index in [-0.39, 0.29) is 37.7 Å². The molecule has 1 aromatic rings. The zero-order chi connectivity index (χ0) is 15.3. The zero-order valence-corrected chi connectivity index (χ0v) is 12.6. The van der Waals surface area contributed by atoms with Crippen LogP contribution in [-0.4, -0.2) is 59.0 Å². The third kappa shape index (κ3) is 3.26. The highest BCUT2D eigenvalue weighted by Crippen LogP contribution is 2.23. The summed E-state index contributed by atoms with van der Waals surface area (Å²) in [7, 11) is -3.75. The van der Waals surface area contributed by atoms with Crippen LogP contribution in [0.5, 0.6) is 0 Å². The van der Waals surface area contributed by atoms with Gasteiger partial charge in [-0.25, -0.2) is 8.42 Å². The molecule has 20 heavy (non-hydrogen) atoms. The Hall–Kier alpha value is -1.22. The summed E-state index contributed by atoms with van der Waals surface area (Å²) in [6.45, 7) is 6.76. The van der Waals surface area contributed by atoms with Gasteiger partial charge in [0.1, 0.15) is 4.90 Å². The lowest BCUT2D eigenvalue weighted by Crippen LogP contribution is -2.34. The van der Waals surface area contributed by atoms with Crippen LogP contribution in [0.3, 0.4) is 0 Å². The molecule has 7 nitrogen and oxygen atoms in total. The monoisotopic (exact) mass is 303 g/mol. The molecular weight excluding hydrogens is 282 g/mol.